The Morgan fingerprint density at radius 2 is 2.08 bits per heavy atom. The number of aliphatic hydroxyl groups excluding tert-OH is 1. The zero-order valence-electron chi connectivity index (χ0n) is 14.6. The van der Waals surface area contributed by atoms with Crippen molar-refractivity contribution >= 4 is 11.5 Å². The van der Waals surface area contributed by atoms with Gasteiger partial charge in [-0.1, -0.05) is 48.6 Å². The van der Waals surface area contributed by atoms with Gasteiger partial charge in [-0.2, -0.15) is 0 Å². The van der Waals surface area contributed by atoms with E-state index in [2.05, 4.69) is 23.5 Å². The average molecular weight is 346 g/mol. The maximum atomic E-state index is 11.7. The Balaban J connectivity index is 2.09. The highest BCUT2D eigenvalue weighted by Gasteiger charge is 2.32. The monoisotopic (exact) mass is 346 g/mol. The predicted molar refractivity (Wildman–Crippen MR) is 95.9 cm³/mol. The molecule has 136 valence electrons. The second-order valence-electron chi connectivity index (χ2n) is 6.14. The van der Waals surface area contributed by atoms with Crippen molar-refractivity contribution in [3.63, 3.8) is 0 Å². The Morgan fingerprint density at radius 3 is 2.60 bits per heavy atom. The first kappa shape index (κ1) is 19.3. The summed E-state index contributed by atoms with van der Waals surface area (Å²) < 4.78 is 5.93. The number of hydrogen-bond acceptors (Lipinski definition) is 5. The minimum Gasteiger partial charge on any atom is -0.391 e. The average Bonchev–Trinajstić information content (AvgIpc) is 2.63. The van der Waals surface area contributed by atoms with Gasteiger partial charge >= 0.3 is 0 Å². The zero-order chi connectivity index (χ0) is 18.3. The molecule has 0 bridgehead atoms. The van der Waals surface area contributed by atoms with Gasteiger partial charge in [0.2, 0.25) is 0 Å². The van der Waals surface area contributed by atoms with Crippen LogP contribution in [0.15, 0.2) is 48.6 Å². The van der Waals surface area contributed by atoms with E-state index in [0.717, 1.165) is 11.1 Å². The highest BCUT2D eigenvalue weighted by molar-refractivity contribution is 5.81. The van der Waals surface area contributed by atoms with Crippen molar-refractivity contribution in [2.24, 2.45) is 0 Å². The summed E-state index contributed by atoms with van der Waals surface area (Å²) in [4.78, 5) is 11.7. The quantitative estimate of drug-likeness (QED) is 0.424. The third-order valence-electron chi connectivity index (χ3n) is 4.27. The van der Waals surface area contributed by atoms with Gasteiger partial charge in [-0.05, 0) is 25.0 Å². The van der Waals surface area contributed by atoms with Crippen LogP contribution in [0.3, 0.4) is 0 Å². The first-order valence-electron chi connectivity index (χ1n) is 8.45. The number of ether oxygens (including phenoxy) is 1. The first-order valence-corrected chi connectivity index (χ1v) is 8.45. The maximum absolute atomic E-state index is 11.7. The number of nitrogens with one attached hydrogen (secondary N) is 2. The molecule has 1 aromatic rings. The van der Waals surface area contributed by atoms with E-state index >= 15 is 0 Å². The normalized spacial score (nSPS) is 22.2. The molecule has 6 heteroatoms. The number of carbonyl (C=O) groups is 1. The number of hydroxylamine groups is 1. The third kappa shape index (κ3) is 4.99. The van der Waals surface area contributed by atoms with Crippen LogP contribution >= 0.6 is 0 Å². The molecular formula is C19H26N2O4. The summed E-state index contributed by atoms with van der Waals surface area (Å²) in [5.74, 6) is -0.679. The largest absolute Gasteiger partial charge is 0.391 e. The molecule has 6 nitrogen and oxygen atoms in total. The zero-order valence-corrected chi connectivity index (χ0v) is 14.6. The van der Waals surface area contributed by atoms with Crippen LogP contribution in [-0.4, -0.2) is 47.1 Å². The molecule has 0 radical (unpaired) electrons. The molecule has 1 unspecified atom stereocenters. The van der Waals surface area contributed by atoms with Gasteiger partial charge in [-0.3, -0.25) is 10.0 Å². The van der Waals surface area contributed by atoms with Gasteiger partial charge < -0.3 is 15.2 Å². The van der Waals surface area contributed by atoms with E-state index in [0.29, 0.717) is 19.6 Å². The summed E-state index contributed by atoms with van der Waals surface area (Å²) >= 11 is 0. The molecule has 1 aliphatic carbocycles. The van der Waals surface area contributed by atoms with Crippen LogP contribution < -0.4 is 10.8 Å². The van der Waals surface area contributed by atoms with E-state index in [9.17, 15) is 9.90 Å². The molecule has 0 saturated heterocycles. The molecule has 3 atom stereocenters. The van der Waals surface area contributed by atoms with Crippen LogP contribution in [0.1, 0.15) is 25.8 Å². The molecule has 0 fully saturated rings. The van der Waals surface area contributed by atoms with Gasteiger partial charge in [0.15, 0.2) is 0 Å². The Morgan fingerprint density at radius 1 is 1.36 bits per heavy atom. The summed E-state index contributed by atoms with van der Waals surface area (Å²) in [6, 6.07) is 9.16. The maximum Gasteiger partial charge on any atom is 0.263 e. The van der Waals surface area contributed by atoms with E-state index in [-0.39, 0.29) is 0 Å². The second kappa shape index (κ2) is 8.92. The molecule has 0 aliphatic heterocycles. The number of amides is 1. The second-order valence-corrected chi connectivity index (χ2v) is 6.14. The van der Waals surface area contributed by atoms with Crippen molar-refractivity contribution < 1.29 is 19.8 Å². The van der Waals surface area contributed by atoms with E-state index < -0.39 is 23.7 Å². The molecule has 1 amide bonds. The van der Waals surface area contributed by atoms with E-state index in [1.165, 1.54) is 6.92 Å². The summed E-state index contributed by atoms with van der Waals surface area (Å²) in [6.45, 7) is 4.26. The third-order valence-corrected chi connectivity index (χ3v) is 4.27. The van der Waals surface area contributed by atoms with Gasteiger partial charge in [-0.25, -0.2) is 5.48 Å². The smallest absolute Gasteiger partial charge is 0.263 e. The predicted octanol–water partition coefficient (Wildman–Crippen LogP) is 1.65. The van der Waals surface area contributed by atoms with Crippen molar-refractivity contribution in [3.05, 3.63) is 54.1 Å². The molecule has 4 N–H and O–H groups in total. The van der Waals surface area contributed by atoms with E-state index in [4.69, 9.17) is 9.94 Å². The highest BCUT2D eigenvalue weighted by atomic mass is 16.5. The Bertz CT molecular complexity index is 628. The molecule has 25 heavy (non-hydrogen) atoms. The van der Waals surface area contributed by atoms with E-state index in [1.54, 1.807) is 5.48 Å². The van der Waals surface area contributed by atoms with Crippen molar-refractivity contribution in [1.29, 1.82) is 0 Å². The highest BCUT2D eigenvalue weighted by Crippen LogP contribution is 2.29. The molecule has 0 saturated carbocycles. The van der Waals surface area contributed by atoms with Crippen LogP contribution in [0, 0.1) is 0 Å². The molecular weight excluding hydrogens is 320 g/mol. The summed E-state index contributed by atoms with van der Waals surface area (Å²) in [6.07, 6.45) is 5.80. The van der Waals surface area contributed by atoms with Crippen molar-refractivity contribution in [3.8, 4) is 0 Å². The number of rotatable bonds is 8. The minimum atomic E-state index is -0.950. The topological polar surface area (TPSA) is 90.8 Å². The van der Waals surface area contributed by atoms with Crippen LogP contribution in [0.4, 0.5) is 0 Å². The van der Waals surface area contributed by atoms with Gasteiger partial charge in [0, 0.05) is 19.6 Å². The lowest BCUT2D eigenvalue weighted by molar-refractivity contribution is -0.134. The fourth-order valence-corrected chi connectivity index (χ4v) is 2.92. The van der Waals surface area contributed by atoms with Gasteiger partial charge in [0.1, 0.15) is 11.6 Å². The lowest BCUT2D eigenvalue weighted by Gasteiger charge is -2.34. The van der Waals surface area contributed by atoms with E-state index in [1.807, 2.05) is 37.3 Å². The van der Waals surface area contributed by atoms with Crippen LogP contribution in [0.5, 0.6) is 0 Å². The Kier molecular flexibility index (Phi) is 6.90. The standard InChI is InChI=1S/C19H26N2O4/c1-3-25-19(13-20-17(14(2)22)18(23)21-24)11-9-16(10-12-19)15-7-5-4-6-8-15/h4-11,14,17,20,22,24H,3,12-13H2,1-2H3,(H,21,23)/t14-,17+,19?/m1/s1. The summed E-state index contributed by atoms with van der Waals surface area (Å²) in [7, 11) is 0. The van der Waals surface area contributed by atoms with Crippen molar-refractivity contribution in [2.75, 3.05) is 13.2 Å². The summed E-state index contributed by atoms with van der Waals surface area (Å²) in [5.41, 5.74) is 3.23. The molecule has 2 rings (SSSR count). The number of allylic oxidation sites excluding steroid dienone is 2. The van der Waals surface area contributed by atoms with Crippen LogP contribution in [0.2, 0.25) is 0 Å². The molecule has 1 aromatic carbocycles. The first-order chi connectivity index (χ1) is 12.0. The number of benzene rings is 1. The Labute approximate surface area is 148 Å². The van der Waals surface area contributed by atoms with Gasteiger partial charge in [0.25, 0.3) is 5.91 Å². The number of hydrogen-bond donors (Lipinski definition) is 4. The SMILES string of the molecule is CCOC1(CN[C@H](C(=O)NO)[C@@H](C)O)C=CC(c2ccccc2)=CC1. The number of carbonyl (C=O) groups excluding carboxylic acids is 1. The van der Waals surface area contributed by atoms with Crippen molar-refractivity contribution in [1.82, 2.24) is 10.8 Å². The lowest BCUT2D eigenvalue weighted by atomic mass is 9.88. The molecule has 0 heterocycles. The van der Waals surface area contributed by atoms with Crippen molar-refractivity contribution in [2.45, 2.75) is 38.0 Å². The van der Waals surface area contributed by atoms with Crippen LogP contribution in [0.25, 0.3) is 5.57 Å². The fraction of sp³-hybridized carbons (Fsp3) is 0.421. The fourth-order valence-electron chi connectivity index (χ4n) is 2.92. The molecule has 0 aromatic heterocycles. The lowest BCUT2D eigenvalue weighted by Crippen LogP contribution is -2.54. The molecule has 0 spiro atoms. The minimum absolute atomic E-state index is 0.332. The Hall–Kier alpha value is -1.99. The summed E-state index contributed by atoms with van der Waals surface area (Å²) in [5, 5.41) is 21.5. The van der Waals surface area contributed by atoms with Gasteiger partial charge in [0.05, 0.1) is 6.10 Å². The number of aliphatic hydroxyl groups is 1. The van der Waals surface area contributed by atoms with Crippen LogP contribution in [-0.2, 0) is 9.53 Å². The van der Waals surface area contributed by atoms with Gasteiger partial charge in [-0.15, -0.1) is 0 Å². The molecule has 1 aliphatic rings.